The number of rotatable bonds is 8. The molecule has 39 heavy (non-hydrogen) atoms. The Kier molecular flexibility index (Phi) is 13.3. The third kappa shape index (κ3) is 11.3. The zero-order chi connectivity index (χ0) is 30.1. The van der Waals surface area contributed by atoms with Crippen LogP contribution in [-0.4, -0.2) is 57.4 Å². The molecule has 0 aliphatic heterocycles. The summed E-state index contributed by atoms with van der Waals surface area (Å²) in [6.07, 6.45) is 5.05. The van der Waals surface area contributed by atoms with Crippen LogP contribution in [0.3, 0.4) is 0 Å². The first kappa shape index (κ1) is 35.3. The number of esters is 1. The fourth-order valence-electron chi connectivity index (χ4n) is 4.02. The van der Waals surface area contributed by atoms with E-state index < -0.39 is 50.1 Å². The Morgan fingerprint density at radius 2 is 1.67 bits per heavy atom. The Morgan fingerprint density at radius 1 is 1.13 bits per heavy atom. The van der Waals surface area contributed by atoms with Crippen LogP contribution in [0.15, 0.2) is 46.2 Å². The number of halogens is 4. The van der Waals surface area contributed by atoms with Gasteiger partial charge in [-0.15, -0.1) is 4.31 Å². The van der Waals surface area contributed by atoms with Crippen LogP contribution in [0.5, 0.6) is 0 Å². The topological polar surface area (TPSA) is 92.8 Å². The molecule has 1 fully saturated rings. The van der Waals surface area contributed by atoms with E-state index in [1.54, 1.807) is 51.5 Å². The SMILES string of the molecule is CCOC(=O)[C@@H](NS(=O)(=O)C(C)(C)C)[C@@H]1CCCCCCC1=C[S+](=O)(c1ccccc1)N(C)C.F[B-](F)(F)F. The summed E-state index contributed by atoms with van der Waals surface area (Å²) in [6.45, 7) is 6.65. The van der Waals surface area contributed by atoms with Crippen LogP contribution in [0.4, 0.5) is 17.3 Å². The van der Waals surface area contributed by atoms with Gasteiger partial charge in [0.05, 0.1) is 11.4 Å². The summed E-state index contributed by atoms with van der Waals surface area (Å²) >= 11 is 0. The van der Waals surface area contributed by atoms with Gasteiger partial charge in [-0.3, -0.25) is 4.79 Å². The number of carbonyl (C=O) groups is 1. The highest BCUT2D eigenvalue weighted by Gasteiger charge is 2.42. The molecule has 0 heterocycles. The Balaban J connectivity index is 0.00000139. The second-order valence-electron chi connectivity index (χ2n) is 10.4. The number of ether oxygens (including phenoxy) is 1. The first-order chi connectivity index (χ1) is 17.8. The van der Waals surface area contributed by atoms with E-state index >= 15 is 0 Å². The minimum absolute atomic E-state index is 0.150. The lowest BCUT2D eigenvalue weighted by atomic mass is 9.83. The molecule has 3 atom stereocenters. The fraction of sp³-hybridized carbons (Fsp3) is 0.640. The van der Waals surface area contributed by atoms with Crippen molar-refractivity contribution in [3.63, 3.8) is 0 Å². The predicted molar refractivity (Wildman–Crippen MR) is 148 cm³/mol. The van der Waals surface area contributed by atoms with Gasteiger partial charge in [-0.2, -0.15) is 4.72 Å². The van der Waals surface area contributed by atoms with Crippen LogP contribution >= 0.6 is 0 Å². The van der Waals surface area contributed by atoms with Crippen LogP contribution in [0, 0.1) is 5.92 Å². The molecule has 1 unspecified atom stereocenters. The lowest BCUT2D eigenvalue weighted by Gasteiger charge is -2.32. The van der Waals surface area contributed by atoms with Gasteiger partial charge in [0.25, 0.3) is 0 Å². The van der Waals surface area contributed by atoms with E-state index in [1.165, 1.54) is 0 Å². The molecule has 0 bridgehead atoms. The molecule has 14 heteroatoms. The molecule has 1 N–H and O–H groups in total. The molecule has 0 radical (unpaired) electrons. The van der Waals surface area contributed by atoms with Crippen LogP contribution < -0.4 is 4.72 Å². The van der Waals surface area contributed by atoms with Crippen molar-refractivity contribution in [3.05, 3.63) is 41.3 Å². The summed E-state index contributed by atoms with van der Waals surface area (Å²) < 4.78 is 88.0. The molecule has 224 valence electrons. The molecule has 1 aromatic rings. The maximum Gasteiger partial charge on any atom is 0.673 e. The summed E-state index contributed by atoms with van der Waals surface area (Å²) in [5, 5.41) is 1.79. The van der Waals surface area contributed by atoms with E-state index in [9.17, 15) is 34.7 Å². The second-order valence-corrected chi connectivity index (χ2v) is 15.4. The summed E-state index contributed by atoms with van der Waals surface area (Å²) in [7, 11) is -9.03. The van der Waals surface area contributed by atoms with E-state index in [0.29, 0.717) is 17.7 Å². The van der Waals surface area contributed by atoms with Gasteiger partial charge in [0.2, 0.25) is 20.1 Å². The van der Waals surface area contributed by atoms with Crippen molar-refractivity contribution < 1.29 is 39.4 Å². The second kappa shape index (κ2) is 14.7. The van der Waals surface area contributed by atoms with E-state index in [4.69, 9.17) is 4.74 Å². The van der Waals surface area contributed by atoms with Gasteiger partial charge in [0, 0.05) is 20.0 Å². The quantitative estimate of drug-likeness (QED) is 0.176. The van der Waals surface area contributed by atoms with Gasteiger partial charge >= 0.3 is 13.2 Å². The Labute approximate surface area is 231 Å². The van der Waals surface area contributed by atoms with Gasteiger partial charge in [0.1, 0.15) is 11.4 Å². The van der Waals surface area contributed by atoms with Crippen LogP contribution in [-0.2, 0) is 33.9 Å². The predicted octanol–water partition coefficient (Wildman–Crippen LogP) is 5.83. The van der Waals surface area contributed by atoms with Crippen molar-refractivity contribution in [3.8, 4) is 0 Å². The molecule has 7 nitrogen and oxygen atoms in total. The minimum atomic E-state index is -6.00. The van der Waals surface area contributed by atoms with Gasteiger partial charge in [-0.1, -0.05) is 41.7 Å². The molecule has 0 saturated heterocycles. The third-order valence-corrected chi connectivity index (χ3v) is 11.0. The average Bonchev–Trinajstić information content (AvgIpc) is 2.78. The molecule has 2 rings (SSSR count). The Bertz CT molecular complexity index is 1100. The van der Waals surface area contributed by atoms with Crippen molar-refractivity contribution in [2.24, 2.45) is 5.92 Å². The third-order valence-electron chi connectivity index (χ3n) is 6.17. The Morgan fingerprint density at radius 3 is 2.15 bits per heavy atom. The van der Waals surface area contributed by atoms with Crippen LogP contribution in [0.2, 0.25) is 0 Å². The molecule has 0 aromatic heterocycles. The first-order valence-corrected chi connectivity index (χ1v) is 15.9. The van der Waals surface area contributed by atoms with Crippen molar-refractivity contribution in [2.45, 2.75) is 81.9 Å². The van der Waals surface area contributed by atoms with Gasteiger partial charge in [0.15, 0.2) is 4.90 Å². The normalized spacial score (nSPS) is 20.7. The maximum atomic E-state index is 14.3. The maximum absolute atomic E-state index is 14.3. The molecule has 1 aromatic carbocycles. The smallest absolute Gasteiger partial charge is 0.465 e. The number of sulfonamides is 1. The number of nitrogens with one attached hydrogen (secondary N) is 1. The van der Waals surface area contributed by atoms with Gasteiger partial charge in [-0.25, -0.2) is 8.42 Å². The van der Waals surface area contributed by atoms with E-state index in [2.05, 4.69) is 4.72 Å². The highest BCUT2D eigenvalue weighted by Crippen LogP contribution is 2.35. The fourth-order valence-corrected chi connectivity index (χ4v) is 6.99. The Hall–Kier alpha value is -1.77. The standard InChI is InChI=1S/C25H41N2O5S2.BF4/c1-7-32-24(28)23(26-34(30,31)25(2,3)4)22-18-14-9-8-11-15-20(22)19-33(29,27(5)6)21-16-12-10-13-17-21;2-1(3,4)5/h10,12-13,16-17,19,22-23,26H,7-9,11,14-15,18H2,1-6H3;/q+1;-1/t22-,23+,33?;/m1./s1. The zero-order valence-electron chi connectivity index (χ0n) is 23.5. The molecule has 1 aliphatic carbocycles. The average molecular weight is 601 g/mol. The van der Waals surface area contributed by atoms with E-state index in [-0.39, 0.29) is 6.61 Å². The molecule has 0 spiro atoms. The van der Waals surface area contributed by atoms with Crippen molar-refractivity contribution >= 4 is 33.4 Å². The molecular weight excluding hydrogens is 559 g/mol. The van der Waals surface area contributed by atoms with E-state index in [1.807, 2.05) is 30.3 Å². The van der Waals surface area contributed by atoms with Crippen LogP contribution in [0.1, 0.15) is 66.2 Å². The summed E-state index contributed by atoms with van der Waals surface area (Å²) in [4.78, 5) is 13.8. The molecule has 1 aliphatic rings. The van der Waals surface area contributed by atoms with Gasteiger partial charge < -0.3 is 22.0 Å². The number of benzene rings is 1. The number of hydrogen-bond donors (Lipinski definition) is 1. The molecule has 1 saturated carbocycles. The lowest BCUT2D eigenvalue weighted by molar-refractivity contribution is -0.146. The van der Waals surface area contributed by atoms with Crippen molar-refractivity contribution in [1.82, 2.24) is 9.03 Å². The zero-order valence-corrected chi connectivity index (χ0v) is 25.1. The lowest BCUT2D eigenvalue weighted by Crippen LogP contribution is -2.52. The molecule has 0 amide bonds. The number of hydrogen-bond acceptors (Lipinski definition) is 5. The first-order valence-electron chi connectivity index (χ1n) is 12.9. The number of nitrogens with zero attached hydrogens (tertiary/aromatic N) is 1. The highest BCUT2D eigenvalue weighted by molar-refractivity contribution is 8.03. The van der Waals surface area contributed by atoms with Crippen molar-refractivity contribution in [1.29, 1.82) is 0 Å². The van der Waals surface area contributed by atoms with Crippen LogP contribution in [0.25, 0.3) is 0 Å². The summed E-state index contributed by atoms with van der Waals surface area (Å²) in [5.41, 5.74) is 0.844. The van der Waals surface area contributed by atoms with Crippen molar-refractivity contribution in [2.75, 3.05) is 20.7 Å². The minimum Gasteiger partial charge on any atom is -0.465 e. The monoisotopic (exact) mass is 600 g/mol. The molecular formula is C25H41BF4N2O5S2. The summed E-state index contributed by atoms with van der Waals surface area (Å²) in [5.74, 6) is -1.04. The number of carbonyl (C=O) groups excluding carboxylic acids is 1. The van der Waals surface area contributed by atoms with Gasteiger partial charge in [-0.05, 0) is 64.7 Å². The largest absolute Gasteiger partial charge is 0.673 e. The highest BCUT2D eigenvalue weighted by atomic mass is 32.3. The summed E-state index contributed by atoms with van der Waals surface area (Å²) in [6, 6.07) is 8.18. The van der Waals surface area contributed by atoms with E-state index in [0.717, 1.165) is 31.3 Å².